The minimum absolute atomic E-state index is 0.0750. The number of alkyl halides is 2. The summed E-state index contributed by atoms with van der Waals surface area (Å²) in [7, 11) is 15.7. The number of aliphatic hydroxyl groups is 3. The van der Waals surface area contributed by atoms with Crippen LogP contribution < -0.4 is 4.74 Å². The second kappa shape index (κ2) is 9.16. The average molecular weight is 389 g/mol. The van der Waals surface area contributed by atoms with Gasteiger partial charge >= 0.3 is 0 Å². The van der Waals surface area contributed by atoms with Crippen LogP contribution in [-0.2, 0) is 6.42 Å². The van der Waals surface area contributed by atoms with Crippen LogP contribution in [0.25, 0.3) is 0 Å². The van der Waals surface area contributed by atoms with Crippen LogP contribution in [0.4, 0.5) is 8.78 Å². The van der Waals surface area contributed by atoms with E-state index in [0.29, 0.717) is 42.9 Å². The van der Waals surface area contributed by atoms with E-state index in [1.165, 1.54) is 0 Å². The average Bonchev–Trinajstić information content (AvgIpc) is 2.56. The van der Waals surface area contributed by atoms with E-state index in [1.54, 1.807) is 6.07 Å². The lowest BCUT2D eigenvalue weighted by molar-refractivity contribution is -0.235. The molecule has 1 aliphatic rings. The maximum atomic E-state index is 13.2. The van der Waals surface area contributed by atoms with E-state index in [4.69, 9.17) is 28.3 Å². The molecule has 0 atom stereocenters. The lowest BCUT2D eigenvalue weighted by atomic mass is 9.70. The van der Waals surface area contributed by atoms with Gasteiger partial charge in [-0.2, -0.15) is 0 Å². The second-order valence-electron chi connectivity index (χ2n) is 7.48. The molecule has 0 unspecified atom stereocenters. The van der Waals surface area contributed by atoms with Gasteiger partial charge in [0.25, 0.3) is 0 Å². The van der Waals surface area contributed by atoms with Gasteiger partial charge in [-0.05, 0) is 49.3 Å². The molecule has 148 valence electrons. The van der Waals surface area contributed by atoms with Gasteiger partial charge in [0, 0.05) is 24.9 Å². The van der Waals surface area contributed by atoms with Crippen LogP contribution in [0.1, 0.15) is 37.7 Å². The van der Waals surface area contributed by atoms with Gasteiger partial charge in [-0.1, -0.05) is 12.1 Å². The molecule has 0 aromatic heterocycles. The molecule has 0 heterocycles. The van der Waals surface area contributed by atoms with E-state index < -0.39 is 17.3 Å². The van der Waals surface area contributed by atoms with Gasteiger partial charge in [-0.3, -0.25) is 4.90 Å². The van der Waals surface area contributed by atoms with Crippen molar-refractivity contribution >= 4 is 23.5 Å². The van der Waals surface area contributed by atoms with Crippen LogP contribution in [0.3, 0.4) is 0 Å². The lowest BCUT2D eigenvalue weighted by Crippen LogP contribution is -2.62. The molecule has 1 fully saturated rings. The summed E-state index contributed by atoms with van der Waals surface area (Å²) in [4.78, 5) is 0.555. The van der Waals surface area contributed by atoms with E-state index in [2.05, 4.69) is 0 Å². The van der Waals surface area contributed by atoms with Crippen LogP contribution in [0.15, 0.2) is 24.3 Å². The van der Waals surface area contributed by atoms with Crippen molar-refractivity contribution in [3.05, 3.63) is 29.8 Å². The van der Waals surface area contributed by atoms with Crippen LogP contribution in [0.5, 0.6) is 5.75 Å². The molecule has 6 radical (unpaired) electrons. The van der Waals surface area contributed by atoms with Gasteiger partial charge < -0.3 is 20.1 Å². The van der Waals surface area contributed by atoms with Crippen molar-refractivity contribution in [2.24, 2.45) is 5.92 Å². The normalized spacial score (nSPS) is 18.4. The summed E-state index contributed by atoms with van der Waals surface area (Å²) in [6.07, 6.45) is 1.60. The molecule has 28 heavy (non-hydrogen) atoms. The first kappa shape index (κ1) is 23.2. The third-order valence-corrected chi connectivity index (χ3v) is 4.90. The Hall–Kier alpha value is -1.09. The summed E-state index contributed by atoms with van der Waals surface area (Å²) in [6, 6.07) is 7.29. The maximum absolute atomic E-state index is 13.2. The smallest absolute Gasteiger partial charge is 0.248 e. The van der Waals surface area contributed by atoms with Crippen molar-refractivity contribution < 1.29 is 28.8 Å². The summed E-state index contributed by atoms with van der Waals surface area (Å²) in [5.41, 5.74) is -1.58. The number of nitrogens with zero attached hydrogens (tertiary/aromatic N) is 1. The number of hydrogen-bond donors (Lipinski definition) is 3. The lowest BCUT2D eigenvalue weighted by Gasteiger charge is -2.43. The first-order valence-electron chi connectivity index (χ1n) is 9.28. The number of halogens is 2. The van der Waals surface area contributed by atoms with Crippen molar-refractivity contribution in [1.29, 1.82) is 0 Å². The first-order valence-corrected chi connectivity index (χ1v) is 9.28. The molecule has 0 amide bonds. The zero-order chi connectivity index (χ0) is 21.0. The summed E-state index contributed by atoms with van der Waals surface area (Å²) in [5, 5.41) is 28.5. The molecule has 1 aliphatic carbocycles. The Balaban J connectivity index is 1.83. The SMILES string of the molecule is [B]C([B])(O)N(CCCc1cccc(OCC2CCC(F)(F)CC2)c1)C([B])(O)O. The fourth-order valence-corrected chi connectivity index (χ4v) is 3.32. The Morgan fingerprint density at radius 1 is 1.14 bits per heavy atom. The summed E-state index contributed by atoms with van der Waals surface area (Å²) < 4.78 is 32.2. The largest absolute Gasteiger partial charge is 0.493 e. The van der Waals surface area contributed by atoms with Crippen LogP contribution in [0, 0.1) is 5.92 Å². The highest BCUT2D eigenvalue weighted by atomic mass is 19.3. The molecule has 0 spiro atoms. The topological polar surface area (TPSA) is 73.2 Å². The number of rotatable bonds is 9. The van der Waals surface area contributed by atoms with Crippen molar-refractivity contribution in [1.82, 2.24) is 4.90 Å². The summed E-state index contributed by atoms with van der Waals surface area (Å²) in [5.74, 6) is -4.65. The molecule has 5 nitrogen and oxygen atoms in total. The Kier molecular flexibility index (Phi) is 7.59. The molecular weight excluding hydrogens is 365 g/mol. The van der Waals surface area contributed by atoms with Gasteiger partial charge in [-0.15, -0.1) is 0 Å². The fraction of sp³-hybridized carbons (Fsp3) is 0.667. The third kappa shape index (κ3) is 7.39. The predicted molar refractivity (Wildman–Crippen MR) is 103 cm³/mol. The fourth-order valence-electron chi connectivity index (χ4n) is 3.32. The minimum atomic E-state index is -2.86. The maximum Gasteiger partial charge on any atom is 0.248 e. The van der Waals surface area contributed by atoms with E-state index in [0.717, 1.165) is 5.56 Å². The highest BCUT2D eigenvalue weighted by Crippen LogP contribution is 2.36. The van der Waals surface area contributed by atoms with Crippen molar-refractivity contribution in [2.45, 2.75) is 55.8 Å². The quantitative estimate of drug-likeness (QED) is 0.432. The van der Waals surface area contributed by atoms with E-state index in [1.807, 2.05) is 18.2 Å². The van der Waals surface area contributed by atoms with Crippen molar-refractivity contribution in [2.75, 3.05) is 13.2 Å². The molecular formula is C18H24B3F2NO4. The van der Waals surface area contributed by atoms with E-state index in [-0.39, 0.29) is 25.3 Å². The molecule has 1 aromatic rings. The standard InChI is InChI=1S/C18H24B3F2NO4/c19-17(20,25)24(18(21,26)27)10-2-4-13-3-1-5-15(11-13)28-12-14-6-8-16(22,23)9-7-14/h1,3,5,11,14,25-27H,2,4,6-10,12H2. The molecule has 0 aliphatic heterocycles. The molecule has 2 rings (SSSR count). The minimum Gasteiger partial charge on any atom is -0.493 e. The summed E-state index contributed by atoms with van der Waals surface area (Å²) in [6.45, 7) is 0.319. The number of aryl methyl sites for hydroxylation is 1. The van der Waals surface area contributed by atoms with Crippen LogP contribution in [-0.4, -0.2) is 74.2 Å². The highest BCUT2D eigenvalue weighted by Gasteiger charge is 2.35. The summed E-state index contributed by atoms with van der Waals surface area (Å²) >= 11 is 0. The van der Waals surface area contributed by atoms with Crippen LogP contribution >= 0.6 is 0 Å². The molecule has 10 heteroatoms. The zero-order valence-corrected chi connectivity index (χ0v) is 15.7. The molecule has 0 bridgehead atoms. The Labute approximate surface area is 168 Å². The molecule has 1 saturated carbocycles. The molecule has 1 aromatic carbocycles. The van der Waals surface area contributed by atoms with Gasteiger partial charge in [0.05, 0.1) is 6.61 Å². The Morgan fingerprint density at radius 2 is 1.79 bits per heavy atom. The Bertz CT molecular complexity index is 614. The number of ether oxygens (including phenoxy) is 1. The highest BCUT2D eigenvalue weighted by molar-refractivity contribution is 6.38. The van der Waals surface area contributed by atoms with Gasteiger partial charge in [-0.25, -0.2) is 8.78 Å². The van der Waals surface area contributed by atoms with Gasteiger partial charge in [0.1, 0.15) is 21.4 Å². The van der Waals surface area contributed by atoms with E-state index >= 15 is 0 Å². The number of hydrogen-bond acceptors (Lipinski definition) is 5. The molecule has 3 N–H and O–H groups in total. The monoisotopic (exact) mass is 389 g/mol. The van der Waals surface area contributed by atoms with Crippen molar-refractivity contribution in [3.63, 3.8) is 0 Å². The van der Waals surface area contributed by atoms with Gasteiger partial charge in [0.15, 0.2) is 13.7 Å². The predicted octanol–water partition coefficient (Wildman–Crippen LogP) is 0.830. The van der Waals surface area contributed by atoms with E-state index in [9.17, 15) is 24.1 Å². The van der Waals surface area contributed by atoms with Crippen molar-refractivity contribution in [3.8, 4) is 5.75 Å². The zero-order valence-electron chi connectivity index (χ0n) is 15.7. The van der Waals surface area contributed by atoms with Gasteiger partial charge in [0.2, 0.25) is 5.92 Å². The first-order chi connectivity index (χ1) is 12.9. The molecule has 0 saturated heterocycles. The van der Waals surface area contributed by atoms with Crippen LogP contribution in [0.2, 0.25) is 0 Å². The second-order valence-corrected chi connectivity index (χ2v) is 7.48. The Morgan fingerprint density at radius 3 is 2.36 bits per heavy atom. The number of benzene rings is 1. The third-order valence-electron chi connectivity index (χ3n) is 4.90.